The van der Waals surface area contributed by atoms with Crippen molar-refractivity contribution in [3.8, 4) is 0 Å². The SMILES string of the molecule is O=C(OC[C@H]1O[C@H](O[C@@H]2[C@H](OC(=O)c3ccccc3)[C@@H](O[C@@H]3[C@H](OC(=O)c4ccccc4)[C@@H](O)O[C@H](COC(=O)c4ccccc4)[C@H]3OC(=O)c3ccccc3)O[C@H](COC(=O)c3ccccc3)[C@H]2OC(=O)c2ccccc2)[C@@H](OC(=O)c2ccccc2)[C@@H](OC(=O)c2ccccc2)[C@@H]1OC(=O)c1ccccc1)c1ccccc1. The van der Waals surface area contributed by atoms with Crippen molar-refractivity contribution < 1.29 is 124 Å². The molecule has 3 fully saturated rings. The Morgan fingerprint density at radius 2 is 0.386 bits per heavy atom. The molecule has 0 unspecified atom stereocenters. The average molecular weight is 1550 g/mol. The summed E-state index contributed by atoms with van der Waals surface area (Å²) in [5, 5.41) is 12.5. The highest BCUT2D eigenvalue weighted by Gasteiger charge is 2.61. The molecule has 3 aliphatic heterocycles. The van der Waals surface area contributed by atoms with Crippen molar-refractivity contribution in [2.75, 3.05) is 19.8 Å². The second-order valence-corrected chi connectivity index (χ2v) is 25.9. The van der Waals surface area contributed by atoms with Gasteiger partial charge in [-0.25, -0.2) is 47.9 Å². The summed E-state index contributed by atoms with van der Waals surface area (Å²) in [7, 11) is 0. The van der Waals surface area contributed by atoms with Gasteiger partial charge in [0, 0.05) is 0 Å². The lowest BCUT2D eigenvalue weighted by Crippen LogP contribution is -2.69. The van der Waals surface area contributed by atoms with Crippen LogP contribution in [0.4, 0.5) is 0 Å². The van der Waals surface area contributed by atoms with Crippen LogP contribution in [0.25, 0.3) is 0 Å². The Kier molecular flexibility index (Phi) is 26.3. The predicted molar refractivity (Wildman–Crippen MR) is 398 cm³/mol. The van der Waals surface area contributed by atoms with Crippen LogP contribution in [-0.2, 0) is 71.1 Å². The summed E-state index contributed by atoms with van der Waals surface area (Å²) in [5.41, 5.74) is -0.628. The van der Waals surface area contributed by atoms with Crippen LogP contribution in [-0.4, -0.2) is 177 Å². The monoisotopic (exact) mass is 1540 g/mol. The van der Waals surface area contributed by atoms with E-state index >= 15 is 19.2 Å². The molecular formula is C88H72O26. The molecule has 3 saturated heterocycles. The zero-order chi connectivity index (χ0) is 79.3. The summed E-state index contributed by atoms with van der Waals surface area (Å²) in [6.45, 7) is -2.73. The lowest BCUT2D eigenvalue weighted by molar-refractivity contribution is -0.376. The van der Waals surface area contributed by atoms with Gasteiger partial charge in [-0.15, -0.1) is 0 Å². The van der Waals surface area contributed by atoms with E-state index in [1.807, 2.05) is 0 Å². The Hall–Kier alpha value is -13.3. The minimum Gasteiger partial charge on any atom is -0.459 e. The predicted octanol–water partition coefficient (Wildman–Crippen LogP) is 11.1. The van der Waals surface area contributed by atoms with E-state index in [9.17, 15) is 33.9 Å². The Balaban J connectivity index is 1.02. The lowest BCUT2D eigenvalue weighted by atomic mass is 9.94. The molecule has 3 aliphatic rings. The van der Waals surface area contributed by atoms with E-state index in [-0.39, 0.29) is 55.6 Å². The van der Waals surface area contributed by atoms with E-state index in [0.717, 1.165) is 0 Å². The van der Waals surface area contributed by atoms with Crippen LogP contribution < -0.4 is 0 Å². The first kappa shape index (κ1) is 78.8. The van der Waals surface area contributed by atoms with Crippen molar-refractivity contribution in [1.29, 1.82) is 0 Å². The Morgan fingerprint density at radius 3 is 0.632 bits per heavy atom. The average Bonchev–Trinajstić information content (AvgIpc) is 0.752. The second kappa shape index (κ2) is 38.1. The van der Waals surface area contributed by atoms with Gasteiger partial charge in [0.25, 0.3) is 0 Å². The number of esters is 10. The molecule has 0 saturated carbocycles. The van der Waals surface area contributed by atoms with Gasteiger partial charge in [-0.05, 0) is 121 Å². The normalized spacial score (nSPS) is 22.9. The quantitative estimate of drug-likeness (QED) is 0.0369. The van der Waals surface area contributed by atoms with Crippen molar-refractivity contribution in [2.24, 2.45) is 0 Å². The minimum absolute atomic E-state index is 0.000878. The molecule has 3 heterocycles. The summed E-state index contributed by atoms with van der Waals surface area (Å²) >= 11 is 0. The van der Waals surface area contributed by atoms with Gasteiger partial charge in [-0.2, -0.15) is 0 Å². The fourth-order valence-electron chi connectivity index (χ4n) is 12.6. The Morgan fingerprint density at radius 1 is 0.211 bits per heavy atom. The summed E-state index contributed by atoms with van der Waals surface area (Å²) in [6, 6.07) is 75.0. The highest BCUT2D eigenvalue weighted by atomic mass is 16.8. The van der Waals surface area contributed by atoms with Crippen molar-refractivity contribution in [1.82, 2.24) is 0 Å². The number of carbonyl (C=O) groups is 10. The van der Waals surface area contributed by atoms with Crippen LogP contribution >= 0.6 is 0 Å². The topological polar surface area (TPSA) is 329 Å². The number of aliphatic hydroxyl groups excluding tert-OH is 1. The van der Waals surface area contributed by atoms with Crippen LogP contribution in [0.3, 0.4) is 0 Å². The number of hydrogen-bond donors (Lipinski definition) is 1. The van der Waals surface area contributed by atoms with Gasteiger partial charge in [0.15, 0.2) is 61.6 Å². The van der Waals surface area contributed by atoms with E-state index in [1.165, 1.54) is 206 Å². The number of benzene rings is 10. The van der Waals surface area contributed by atoms with E-state index in [1.54, 1.807) is 97.1 Å². The molecule has 15 atom stereocenters. The van der Waals surface area contributed by atoms with Gasteiger partial charge in [-0.1, -0.05) is 182 Å². The zero-order valence-electron chi connectivity index (χ0n) is 60.3. The standard InChI is InChI=1S/C88H72O26/c89-76(54-31-11-1-12-32-54)100-51-64-67(106-79(92)57-37-17-4-18-38-57)70(73(86(99)103-64)110-83(96)61-45-25-8-26-46-61)113-88-75(112-85(98)63-49-29-10-30-50-63)72(69(108-81(94)59-41-21-6-22-42-59)66(105-88)53-102-78(91)56-35-15-3-16-36-56)114-87-74(111-84(97)62-47-27-9-28-48-62)71(109-82(95)60-43-23-7-24-44-60)68(107-80(93)58-39-19-5-20-40-58)65(104-87)52-101-77(90)55-33-13-2-14-34-55/h1-50,64-75,86-88,99H,51-53H2/t64-,65-,66-,67-,68-,69-,70+,71+,72+,73+,74+,75+,86+,87-,88-/m1/s1. The number of aliphatic hydroxyl groups is 1. The Labute approximate surface area is 651 Å². The third kappa shape index (κ3) is 19.9. The molecule has 13 rings (SSSR count). The van der Waals surface area contributed by atoms with E-state index < -0.39 is 172 Å². The molecule has 0 radical (unpaired) electrons. The maximum absolute atomic E-state index is 15.5. The maximum atomic E-state index is 15.5. The summed E-state index contributed by atoms with van der Waals surface area (Å²) in [5.74, 6) is -10.8. The first-order valence-corrected chi connectivity index (χ1v) is 36.0. The molecule has 0 amide bonds. The van der Waals surface area contributed by atoms with Crippen LogP contribution in [0.1, 0.15) is 104 Å². The lowest BCUT2D eigenvalue weighted by Gasteiger charge is -2.50. The number of carbonyl (C=O) groups excluding carboxylic acids is 10. The molecule has 26 heteroatoms. The molecule has 1 N–H and O–H groups in total. The van der Waals surface area contributed by atoms with Crippen molar-refractivity contribution in [3.63, 3.8) is 0 Å². The molecule has 0 spiro atoms. The van der Waals surface area contributed by atoms with Gasteiger partial charge < -0.3 is 76.2 Å². The van der Waals surface area contributed by atoms with Crippen LogP contribution in [0.5, 0.6) is 0 Å². The smallest absolute Gasteiger partial charge is 0.338 e. The molecule has 0 aliphatic carbocycles. The molecule has 580 valence electrons. The van der Waals surface area contributed by atoms with Gasteiger partial charge >= 0.3 is 59.7 Å². The minimum atomic E-state index is -2.41. The van der Waals surface area contributed by atoms with Gasteiger partial charge in [0.05, 0.1) is 55.6 Å². The van der Waals surface area contributed by atoms with E-state index in [4.69, 9.17) is 71.1 Å². The first-order valence-electron chi connectivity index (χ1n) is 36.0. The largest absolute Gasteiger partial charge is 0.459 e. The first-order chi connectivity index (χ1) is 55.6. The van der Waals surface area contributed by atoms with Gasteiger partial charge in [-0.3, -0.25) is 0 Å². The van der Waals surface area contributed by atoms with Crippen LogP contribution in [0.2, 0.25) is 0 Å². The molecular weight excluding hydrogens is 1470 g/mol. The van der Waals surface area contributed by atoms with Gasteiger partial charge in [0.2, 0.25) is 0 Å². The zero-order valence-corrected chi connectivity index (χ0v) is 60.3. The third-order valence-corrected chi connectivity index (χ3v) is 18.3. The number of ether oxygens (including phenoxy) is 15. The van der Waals surface area contributed by atoms with E-state index in [0.29, 0.717) is 0 Å². The molecule has 114 heavy (non-hydrogen) atoms. The summed E-state index contributed by atoms with van der Waals surface area (Å²) in [6.07, 6.45) is -32.4. The molecule has 0 bridgehead atoms. The van der Waals surface area contributed by atoms with Crippen molar-refractivity contribution in [2.45, 2.75) is 92.1 Å². The fraction of sp³-hybridized carbons (Fsp3) is 0.205. The highest BCUT2D eigenvalue weighted by molar-refractivity contribution is 5.94. The van der Waals surface area contributed by atoms with Crippen molar-refractivity contribution >= 4 is 59.7 Å². The highest BCUT2D eigenvalue weighted by Crippen LogP contribution is 2.40. The maximum Gasteiger partial charge on any atom is 0.338 e. The van der Waals surface area contributed by atoms with Gasteiger partial charge in [0.1, 0.15) is 50.3 Å². The van der Waals surface area contributed by atoms with Crippen molar-refractivity contribution in [3.05, 3.63) is 359 Å². The molecule has 26 nitrogen and oxygen atoms in total. The van der Waals surface area contributed by atoms with Crippen LogP contribution in [0, 0.1) is 0 Å². The molecule has 10 aromatic rings. The molecule has 0 aromatic heterocycles. The van der Waals surface area contributed by atoms with E-state index in [2.05, 4.69) is 0 Å². The number of rotatable bonds is 27. The van der Waals surface area contributed by atoms with Crippen LogP contribution in [0.15, 0.2) is 303 Å². The number of hydrogen-bond acceptors (Lipinski definition) is 26. The second-order valence-electron chi connectivity index (χ2n) is 25.9. The summed E-state index contributed by atoms with van der Waals surface area (Å²) in [4.78, 5) is 148. The fourth-order valence-corrected chi connectivity index (χ4v) is 12.6. The Bertz CT molecular complexity index is 4900. The molecule has 10 aromatic carbocycles. The third-order valence-electron chi connectivity index (χ3n) is 18.3. The summed E-state index contributed by atoms with van der Waals surface area (Å²) < 4.78 is 97.5.